The van der Waals surface area contributed by atoms with Crippen LogP contribution in [0.25, 0.3) is 10.4 Å². The highest BCUT2D eigenvalue weighted by Crippen LogP contribution is 2.40. The molecule has 1 amide bonds. The second-order valence-corrected chi connectivity index (χ2v) is 10.7. The highest BCUT2D eigenvalue weighted by atomic mass is 35.5. The number of halogens is 2. The van der Waals surface area contributed by atoms with Gasteiger partial charge >= 0.3 is 0 Å². The number of hydrogen-bond acceptors (Lipinski definition) is 7. The van der Waals surface area contributed by atoms with Gasteiger partial charge in [-0.25, -0.2) is 0 Å². The summed E-state index contributed by atoms with van der Waals surface area (Å²) in [5, 5.41) is 20.3. The van der Waals surface area contributed by atoms with Gasteiger partial charge in [0.25, 0.3) is 5.91 Å². The van der Waals surface area contributed by atoms with Crippen molar-refractivity contribution in [1.29, 1.82) is 0 Å². The number of hydrogen-bond donors (Lipinski definition) is 2. The normalized spacial score (nSPS) is 11.6. The zero-order chi connectivity index (χ0) is 25.8. The van der Waals surface area contributed by atoms with Gasteiger partial charge in [0.05, 0.1) is 24.7 Å². The minimum atomic E-state index is -0.223. The number of nitrogens with zero attached hydrogens (tertiary/aromatic N) is 3. The number of thiophene rings is 2. The minimum Gasteiger partial charge on any atom is -0.506 e. The van der Waals surface area contributed by atoms with Crippen LogP contribution in [0.15, 0.2) is 53.0 Å². The Balaban J connectivity index is 1.36. The Hall–Kier alpha value is -2.98. The van der Waals surface area contributed by atoms with Crippen molar-refractivity contribution in [3.05, 3.63) is 79.0 Å². The predicted molar refractivity (Wildman–Crippen MR) is 146 cm³/mol. The molecule has 3 aromatic heterocycles. The van der Waals surface area contributed by atoms with Gasteiger partial charge in [0.2, 0.25) is 0 Å². The molecule has 0 aliphatic rings. The molecule has 4 aromatic rings. The van der Waals surface area contributed by atoms with Crippen LogP contribution >= 0.6 is 45.9 Å². The second-order valence-electron chi connectivity index (χ2n) is 7.90. The first-order valence-electron chi connectivity index (χ1n) is 10.9. The van der Waals surface area contributed by atoms with Crippen molar-refractivity contribution in [1.82, 2.24) is 15.1 Å². The average molecular weight is 562 g/mol. The van der Waals surface area contributed by atoms with Crippen LogP contribution in [-0.2, 0) is 13.5 Å². The van der Waals surface area contributed by atoms with E-state index in [2.05, 4.69) is 15.4 Å². The zero-order valence-corrected chi connectivity index (χ0v) is 22.6. The fourth-order valence-electron chi connectivity index (χ4n) is 3.45. The molecule has 0 bridgehead atoms. The average Bonchev–Trinajstić information content (AvgIpc) is 3.60. The lowest BCUT2D eigenvalue weighted by Gasteiger charge is -2.04. The van der Waals surface area contributed by atoms with E-state index < -0.39 is 0 Å². The molecule has 2 N–H and O–H groups in total. The molecule has 0 aliphatic carbocycles. The minimum absolute atomic E-state index is 0.0771. The van der Waals surface area contributed by atoms with Crippen LogP contribution in [0.3, 0.4) is 0 Å². The molecule has 186 valence electrons. The number of aryl methyl sites for hydroxylation is 1. The van der Waals surface area contributed by atoms with Gasteiger partial charge in [0.1, 0.15) is 12.3 Å². The zero-order valence-electron chi connectivity index (χ0n) is 19.4. The Labute approximate surface area is 226 Å². The predicted octanol–water partition coefficient (Wildman–Crippen LogP) is 5.89. The van der Waals surface area contributed by atoms with Crippen LogP contribution in [0.4, 0.5) is 0 Å². The van der Waals surface area contributed by atoms with E-state index in [-0.39, 0.29) is 24.0 Å². The molecule has 0 fully saturated rings. The largest absolute Gasteiger partial charge is 0.506 e. The number of amides is 1. The molecule has 3 heterocycles. The topological polar surface area (TPSA) is 96.6 Å². The molecule has 0 aliphatic heterocycles. The van der Waals surface area contributed by atoms with Crippen LogP contribution in [0.5, 0.6) is 5.75 Å². The molecule has 0 saturated heterocycles. The van der Waals surface area contributed by atoms with Gasteiger partial charge in [0, 0.05) is 48.6 Å². The van der Waals surface area contributed by atoms with Gasteiger partial charge in [-0.05, 0) is 42.8 Å². The van der Waals surface area contributed by atoms with Crippen LogP contribution < -0.4 is 5.32 Å². The van der Waals surface area contributed by atoms with Crippen molar-refractivity contribution in [2.24, 2.45) is 12.0 Å². The van der Waals surface area contributed by atoms with Gasteiger partial charge in [-0.15, -0.1) is 22.7 Å². The smallest absolute Gasteiger partial charge is 0.261 e. The summed E-state index contributed by atoms with van der Waals surface area (Å²) in [6.07, 6.45) is 2.38. The van der Waals surface area contributed by atoms with Gasteiger partial charge in [0.15, 0.2) is 5.78 Å². The third kappa shape index (κ3) is 5.87. The molecule has 4 rings (SSSR count). The lowest BCUT2D eigenvalue weighted by molar-refractivity contribution is 0.0957. The lowest BCUT2D eigenvalue weighted by Crippen LogP contribution is -2.25. The molecular formula is C25H22Cl2N4O3S2. The van der Waals surface area contributed by atoms with Gasteiger partial charge < -0.3 is 10.4 Å². The maximum absolute atomic E-state index is 12.7. The molecule has 0 spiro atoms. The number of rotatable bonds is 9. The molecule has 1 aromatic carbocycles. The highest BCUT2D eigenvalue weighted by Gasteiger charge is 2.17. The molecule has 7 nitrogen and oxygen atoms in total. The summed E-state index contributed by atoms with van der Waals surface area (Å²) < 4.78 is 1.76. The molecule has 36 heavy (non-hydrogen) atoms. The molecule has 0 saturated carbocycles. The highest BCUT2D eigenvalue weighted by molar-refractivity contribution is 7.16. The van der Waals surface area contributed by atoms with E-state index >= 15 is 0 Å². The van der Waals surface area contributed by atoms with Crippen molar-refractivity contribution < 1.29 is 14.7 Å². The number of carbonyl (C=O) groups excluding carboxylic acids is 2. The summed E-state index contributed by atoms with van der Waals surface area (Å²) in [6, 6.07) is 10.3. The Morgan fingerprint density at radius 1 is 1.14 bits per heavy atom. The van der Waals surface area contributed by atoms with Crippen molar-refractivity contribution in [3.63, 3.8) is 0 Å². The van der Waals surface area contributed by atoms with E-state index in [0.29, 0.717) is 48.9 Å². The van der Waals surface area contributed by atoms with Gasteiger partial charge in [-0.2, -0.15) is 5.10 Å². The van der Waals surface area contributed by atoms with E-state index in [1.807, 2.05) is 13.1 Å². The summed E-state index contributed by atoms with van der Waals surface area (Å²) in [5.41, 5.74) is 2.85. The van der Waals surface area contributed by atoms with E-state index in [9.17, 15) is 14.7 Å². The summed E-state index contributed by atoms with van der Waals surface area (Å²) in [5.74, 6) is -0.347. The monoisotopic (exact) mass is 560 g/mol. The van der Waals surface area contributed by atoms with Crippen LogP contribution in [-0.4, -0.2) is 45.4 Å². The van der Waals surface area contributed by atoms with E-state index in [4.69, 9.17) is 23.2 Å². The number of ketones is 1. The van der Waals surface area contributed by atoms with Gasteiger partial charge in [-0.3, -0.25) is 19.3 Å². The standard InChI is InChI=1S/C25H22Cl2N4O3S2/c1-14(17-13-35-24(23(17)33)15-3-4-18(26)19(27)11-15)29-12-20(32)21-5-6-22(36-21)25(34)28-9-7-16-8-10-30-31(16)2/h3-6,8,10-11,13,33H,7,9,12H2,1-2H3,(H,28,34). The maximum Gasteiger partial charge on any atom is 0.261 e. The number of carbonyl (C=O) groups is 2. The number of aromatic nitrogens is 2. The van der Waals surface area contributed by atoms with E-state index in [0.717, 1.165) is 22.6 Å². The fraction of sp³-hybridized carbons (Fsp3) is 0.200. The second kappa shape index (κ2) is 11.4. The first-order valence-corrected chi connectivity index (χ1v) is 13.3. The van der Waals surface area contributed by atoms with Crippen molar-refractivity contribution in [2.75, 3.05) is 13.1 Å². The Morgan fingerprint density at radius 2 is 1.92 bits per heavy atom. The molecular weight excluding hydrogens is 539 g/mol. The first-order chi connectivity index (χ1) is 17.2. The third-order valence-corrected chi connectivity index (χ3v) is 8.37. The van der Waals surface area contributed by atoms with Crippen molar-refractivity contribution in [2.45, 2.75) is 13.3 Å². The summed E-state index contributed by atoms with van der Waals surface area (Å²) in [7, 11) is 1.85. The first kappa shape index (κ1) is 26.1. The molecule has 0 radical (unpaired) electrons. The number of aliphatic imine (C=N–C) groups is 1. The van der Waals surface area contributed by atoms with E-state index in [1.54, 1.807) is 53.5 Å². The number of nitrogens with one attached hydrogen (secondary N) is 1. The fourth-order valence-corrected chi connectivity index (χ4v) is 5.60. The van der Waals surface area contributed by atoms with Crippen molar-refractivity contribution in [3.8, 4) is 16.2 Å². The summed E-state index contributed by atoms with van der Waals surface area (Å²) in [6.45, 7) is 2.12. The molecule has 0 atom stereocenters. The summed E-state index contributed by atoms with van der Waals surface area (Å²) in [4.78, 5) is 31.0. The van der Waals surface area contributed by atoms with Crippen molar-refractivity contribution >= 4 is 63.3 Å². The number of benzene rings is 1. The quantitative estimate of drug-likeness (QED) is 0.197. The van der Waals surface area contributed by atoms with E-state index in [1.165, 1.54) is 11.3 Å². The Morgan fingerprint density at radius 3 is 2.64 bits per heavy atom. The Kier molecular flexibility index (Phi) is 8.25. The number of aromatic hydroxyl groups is 1. The van der Waals surface area contributed by atoms with Crippen LogP contribution in [0.1, 0.15) is 37.5 Å². The van der Waals surface area contributed by atoms with Gasteiger partial charge in [-0.1, -0.05) is 29.3 Å². The van der Waals surface area contributed by atoms with Crippen LogP contribution in [0.2, 0.25) is 10.0 Å². The third-order valence-electron chi connectivity index (χ3n) is 5.49. The Bertz CT molecular complexity index is 1460. The SMILES string of the molecule is CC(=NCC(=O)c1ccc(C(=O)NCCc2ccnn2C)s1)c1csc(-c2ccc(Cl)c(Cl)c2)c1O. The lowest BCUT2D eigenvalue weighted by atomic mass is 10.1. The molecule has 11 heteroatoms. The number of Topliss-reactive ketones (excluding diaryl/α,β-unsaturated/α-hetero) is 1. The maximum atomic E-state index is 12.7. The molecule has 0 unspecified atom stereocenters. The van der Waals surface area contributed by atoms with Crippen LogP contribution in [0, 0.1) is 0 Å². The summed E-state index contributed by atoms with van der Waals surface area (Å²) >= 11 is 14.6.